The van der Waals surface area contributed by atoms with Crippen LogP contribution in [-0.2, 0) is 13.0 Å². The fourth-order valence-electron chi connectivity index (χ4n) is 3.78. The van der Waals surface area contributed by atoms with E-state index in [1.165, 1.54) is 17.2 Å². The zero-order chi connectivity index (χ0) is 20.2. The predicted octanol–water partition coefficient (Wildman–Crippen LogP) is 4.16. The molecule has 5 nitrogen and oxygen atoms in total. The maximum Gasteiger partial charge on any atom is 0.387 e. The number of rotatable bonds is 6. The van der Waals surface area contributed by atoms with Crippen molar-refractivity contribution in [3.63, 3.8) is 0 Å². The standard InChI is InChI=1S/C22H24F2N4O/c23-22(24)29-17-7-8-19-18(12-17)20(26-10-9-25)13-21(27-19)28-11-3-6-15-4-1-2-5-16(15)14-28/h1-2,4-5,7-8,12-13,22H,3,6,9-11,14,25H2,(H,26,27). The summed E-state index contributed by atoms with van der Waals surface area (Å²) in [5, 5.41) is 4.03. The summed E-state index contributed by atoms with van der Waals surface area (Å²) in [7, 11) is 0. The summed E-state index contributed by atoms with van der Waals surface area (Å²) in [6, 6.07) is 15.3. The molecule has 0 bridgehead atoms. The first-order valence-corrected chi connectivity index (χ1v) is 9.79. The van der Waals surface area contributed by atoms with E-state index < -0.39 is 6.61 Å². The molecule has 1 aliphatic rings. The second-order valence-electron chi connectivity index (χ2n) is 7.09. The number of aryl methyl sites for hydroxylation is 1. The van der Waals surface area contributed by atoms with Crippen LogP contribution >= 0.6 is 0 Å². The number of ether oxygens (including phenoxy) is 1. The van der Waals surface area contributed by atoms with Gasteiger partial charge in [-0.3, -0.25) is 0 Å². The number of alkyl halides is 2. The molecule has 0 unspecified atom stereocenters. The Morgan fingerprint density at radius 2 is 1.97 bits per heavy atom. The van der Waals surface area contributed by atoms with Crippen molar-refractivity contribution in [3.8, 4) is 5.75 Å². The van der Waals surface area contributed by atoms with Crippen LogP contribution in [0.1, 0.15) is 17.5 Å². The maximum atomic E-state index is 12.6. The first kappa shape index (κ1) is 19.4. The van der Waals surface area contributed by atoms with Gasteiger partial charge >= 0.3 is 6.61 Å². The minimum atomic E-state index is -2.86. The van der Waals surface area contributed by atoms with E-state index in [0.717, 1.165) is 48.3 Å². The predicted molar refractivity (Wildman–Crippen MR) is 112 cm³/mol. The lowest BCUT2D eigenvalue weighted by Crippen LogP contribution is -2.24. The number of nitrogens with one attached hydrogen (secondary N) is 1. The fraction of sp³-hybridized carbons (Fsp3) is 0.318. The summed E-state index contributed by atoms with van der Waals surface area (Å²) >= 11 is 0. The average Bonchev–Trinajstić information content (AvgIpc) is 2.94. The zero-order valence-corrected chi connectivity index (χ0v) is 16.1. The highest BCUT2D eigenvalue weighted by Gasteiger charge is 2.18. The van der Waals surface area contributed by atoms with Crippen molar-refractivity contribution in [2.24, 2.45) is 5.73 Å². The van der Waals surface area contributed by atoms with Gasteiger partial charge in [0.15, 0.2) is 0 Å². The Labute approximate surface area is 168 Å². The summed E-state index contributed by atoms with van der Waals surface area (Å²) in [6.45, 7) is -0.143. The van der Waals surface area contributed by atoms with Gasteiger partial charge in [0.2, 0.25) is 0 Å². The Balaban J connectivity index is 1.72. The molecular formula is C22H24F2N4O. The zero-order valence-electron chi connectivity index (χ0n) is 16.1. The smallest absolute Gasteiger partial charge is 0.387 e. The van der Waals surface area contributed by atoms with E-state index in [-0.39, 0.29) is 5.75 Å². The van der Waals surface area contributed by atoms with Crippen molar-refractivity contribution >= 4 is 22.4 Å². The van der Waals surface area contributed by atoms with Crippen LogP contribution in [0, 0.1) is 0 Å². The Bertz CT molecular complexity index is 996. The first-order chi connectivity index (χ1) is 14.1. The van der Waals surface area contributed by atoms with Gasteiger partial charge in [-0.2, -0.15) is 8.78 Å². The molecule has 7 heteroatoms. The van der Waals surface area contributed by atoms with E-state index >= 15 is 0 Å². The number of aromatic nitrogens is 1. The van der Waals surface area contributed by atoms with Gasteiger partial charge in [0.25, 0.3) is 0 Å². The number of halogens is 2. The van der Waals surface area contributed by atoms with Gasteiger partial charge in [-0.15, -0.1) is 0 Å². The van der Waals surface area contributed by atoms with Gasteiger partial charge in [-0.1, -0.05) is 24.3 Å². The topological polar surface area (TPSA) is 63.4 Å². The quantitative estimate of drug-likeness (QED) is 0.653. The number of fused-ring (bicyclic) bond motifs is 2. The van der Waals surface area contributed by atoms with Crippen LogP contribution < -0.4 is 20.7 Å². The van der Waals surface area contributed by atoms with Gasteiger partial charge in [-0.25, -0.2) is 4.98 Å². The van der Waals surface area contributed by atoms with Crippen molar-refractivity contribution in [1.29, 1.82) is 0 Å². The van der Waals surface area contributed by atoms with Crippen LogP contribution in [0.4, 0.5) is 20.3 Å². The molecule has 3 aromatic rings. The van der Waals surface area contributed by atoms with Gasteiger partial charge in [0.1, 0.15) is 11.6 Å². The van der Waals surface area contributed by atoms with Crippen molar-refractivity contribution < 1.29 is 13.5 Å². The molecular weight excluding hydrogens is 374 g/mol. The molecule has 0 aliphatic carbocycles. The molecule has 1 aliphatic heterocycles. The largest absolute Gasteiger partial charge is 0.435 e. The maximum absolute atomic E-state index is 12.6. The molecule has 152 valence electrons. The number of nitrogens with zero attached hydrogens (tertiary/aromatic N) is 2. The number of nitrogens with two attached hydrogens (primary N) is 1. The van der Waals surface area contributed by atoms with Gasteiger partial charge in [-0.05, 0) is 42.2 Å². The number of hydrogen-bond donors (Lipinski definition) is 2. The third-order valence-electron chi connectivity index (χ3n) is 5.13. The van der Waals surface area contributed by atoms with Gasteiger partial charge in [0, 0.05) is 43.3 Å². The summed E-state index contributed by atoms with van der Waals surface area (Å²) < 4.78 is 29.8. The van der Waals surface area contributed by atoms with Crippen molar-refractivity contribution in [3.05, 3.63) is 59.7 Å². The molecule has 0 radical (unpaired) electrons. The lowest BCUT2D eigenvalue weighted by atomic mass is 10.0. The van der Waals surface area contributed by atoms with Crippen molar-refractivity contribution in [2.45, 2.75) is 26.0 Å². The highest BCUT2D eigenvalue weighted by molar-refractivity contribution is 5.94. The van der Waals surface area contributed by atoms with Gasteiger partial charge in [0.05, 0.1) is 5.52 Å². The SMILES string of the molecule is NCCNc1cc(N2CCCc3ccccc3C2)nc2ccc(OC(F)F)cc12. The van der Waals surface area contributed by atoms with Crippen LogP contribution in [-0.4, -0.2) is 31.2 Å². The number of benzene rings is 2. The fourth-order valence-corrected chi connectivity index (χ4v) is 3.78. The molecule has 0 atom stereocenters. The molecule has 4 rings (SSSR count). The summed E-state index contributed by atoms with van der Waals surface area (Å²) in [5.41, 5.74) is 9.88. The highest BCUT2D eigenvalue weighted by atomic mass is 19.3. The molecule has 0 fully saturated rings. The summed E-state index contributed by atoms with van der Waals surface area (Å²) in [4.78, 5) is 7.08. The van der Waals surface area contributed by atoms with E-state index in [4.69, 9.17) is 10.7 Å². The third-order valence-corrected chi connectivity index (χ3v) is 5.13. The molecule has 2 aromatic carbocycles. The minimum Gasteiger partial charge on any atom is -0.435 e. The van der Waals surface area contributed by atoms with Gasteiger partial charge < -0.3 is 20.7 Å². The monoisotopic (exact) mass is 398 g/mol. The van der Waals surface area contributed by atoms with E-state index in [2.05, 4.69) is 39.2 Å². The lowest BCUT2D eigenvalue weighted by molar-refractivity contribution is -0.0497. The third kappa shape index (κ3) is 4.40. The van der Waals surface area contributed by atoms with Crippen LogP contribution in [0.5, 0.6) is 5.75 Å². The van der Waals surface area contributed by atoms with E-state index in [1.54, 1.807) is 12.1 Å². The molecule has 1 aromatic heterocycles. The number of pyridine rings is 1. The van der Waals surface area contributed by atoms with E-state index in [0.29, 0.717) is 13.1 Å². The molecule has 0 amide bonds. The first-order valence-electron chi connectivity index (χ1n) is 9.79. The van der Waals surface area contributed by atoms with Crippen LogP contribution in [0.3, 0.4) is 0 Å². The second-order valence-corrected chi connectivity index (χ2v) is 7.09. The average molecular weight is 398 g/mol. The Kier molecular flexibility index (Phi) is 5.76. The Morgan fingerprint density at radius 1 is 1.14 bits per heavy atom. The molecule has 0 spiro atoms. The lowest BCUT2D eigenvalue weighted by Gasteiger charge is -2.24. The van der Waals surface area contributed by atoms with Crippen LogP contribution in [0.2, 0.25) is 0 Å². The van der Waals surface area contributed by atoms with Crippen LogP contribution in [0.15, 0.2) is 48.5 Å². The minimum absolute atomic E-state index is 0.113. The Morgan fingerprint density at radius 3 is 2.76 bits per heavy atom. The number of hydrogen-bond acceptors (Lipinski definition) is 5. The number of anilines is 2. The molecule has 0 saturated carbocycles. The second kappa shape index (κ2) is 8.61. The highest BCUT2D eigenvalue weighted by Crippen LogP contribution is 2.32. The molecule has 2 heterocycles. The summed E-state index contributed by atoms with van der Waals surface area (Å²) in [6.07, 6.45) is 2.09. The Hall–Kier alpha value is -2.93. The molecule has 0 saturated heterocycles. The molecule has 3 N–H and O–H groups in total. The van der Waals surface area contributed by atoms with Crippen molar-refractivity contribution in [1.82, 2.24) is 4.98 Å². The molecule has 29 heavy (non-hydrogen) atoms. The normalized spacial score (nSPS) is 14.0. The van der Waals surface area contributed by atoms with E-state index in [1.807, 2.05) is 6.07 Å². The van der Waals surface area contributed by atoms with Crippen LogP contribution in [0.25, 0.3) is 10.9 Å². The van der Waals surface area contributed by atoms with E-state index in [9.17, 15) is 8.78 Å². The van der Waals surface area contributed by atoms with Crippen molar-refractivity contribution in [2.75, 3.05) is 29.9 Å². The summed E-state index contributed by atoms with van der Waals surface area (Å²) in [5.74, 6) is 0.970.